The number of ketones is 1. The van der Waals surface area contributed by atoms with Gasteiger partial charge < -0.3 is 0 Å². The molecule has 1 nitrogen and oxygen atoms in total. The van der Waals surface area contributed by atoms with Crippen LogP contribution in [0, 0.1) is 5.92 Å². The third kappa shape index (κ3) is 10.8. The van der Waals surface area contributed by atoms with Gasteiger partial charge in [0, 0.05) is 12.3 Å². The van der Waals surface area contributed by atoms with E-state index in [0.29, 0.717) is 18.1 Å². The van der Waals surface area contributed by atoms with Gasteiger partial charge in [0.15, 0.2) is 0 Å². The molecule has 0 aromatic heterocycles. The number of carbonyl (C=O) groups is 1. The van der Waals surface area contributed by atoms with Gasteiger partial charge >= 0.3 is 0 Å². The number of hydrogen-bond donors (Lipinski definition) is 0. The second kappa shape index (κ2) is 13.1. The van der Waals surface area contributed by atoms with E-state index in [1.54, 1.807) is 0 Å². The van der Waals surface area contributed by atoms with Gasteiger partial charge in [-0.05, 0) is 6.42 Å². The molecule has 0 spiro atoms. The second-order valence-corrected chi connectivity index (χ2v) is 5.69. The summed E-state index contributed by atoms with van der Waals surface area (Å²) in [5.74, 6) is 0.731. The zero-order valence-electron chi connectivity index (χ0n) is 13.0. The van der Waals surface area contributed by atoms with Crippen LogP contribution in [0.25, 0.3) is 0 Å². The first-order valence-electron chi connectivity index (χ1n) is 8.25. The zero-order valence-corrected chi connectivity index (χ0v) is 13.0. The van der Waals surface area contributed by atoms with E-state index in [-0.39, 0.29) is 0 Å². The standard InChI is InChI=1S/C17H34O/c1-4-6-7-8-9-10-11-12-13-14-15-16(3)17(18)5-2/h16H,4-15H2,1-3H3. The van der Waals surface area contributed by atoms with Crippen molar-refractivity contribution >= 4 is 5.78 Å². The van der Waals surface area contributed by atoms with Crippen molar-refractivity contribution < 1.29 is 4.79 Å². The van der Waals surface area contributed by atoms with Gasteiger partial charge in [0.2, 0.25) is 0 Å². The average Bonchev–Trinajstić information content (AvgIpc) is 2.39. The van der Waals surface area contributed by atoms with Gasteiger partial charge in [-0.2, -0.15) is 0 Å². The molecule has 0 fully saturated rings. The summed E-state index contributed by atoms with van der Waals surface area (Å²) in [6.07, 6.45) is 15.5. The second-order valence-electron chi connectivity index (χ2n) is 5.69. The van der Waals surface area contributed by atoms with Gasteiger partial charge in [0.1, 0.15) is 5.78 Å². The molecule has 0 heterocycles. The first-order chi connectivity index (χ1) is 8.72. The minimum Gasteiger partial charge on any atom is -0.299 e. The van der Waals surface area contributed by atoms with Crippen LogP contribution in [-0.2, 0) is 4.79 Å². The van der Waals surface area contributed by atoms with E-state index in [4.69, 9.17) is 0 Å². The third-order valence-electron chi connectivity index (χ3n) is 3.89. The number of rotatable bonds is 13. The molecule has 18 heavy (non-hydrogen) atoms. The van der Waals surface area contributed by atoms with Crippen LogP contribution in [0.2, 0.25) is 0 Å². The van der Waals surface area contributed by atoms with Gasteiger partial charge in [-0.15, -0.1) is 0 Å². The van der Waals surface area contributed by atoms with E-state index in [0.717, 1.165) is 6.42 Å². The Hall–Kier alpha value is -0.330. The van der Waals surface area contributed by atoms with Crippen molar-refractivity contribution in [2.75, 3.05) is 0 Å². The molecule has 0 saturated heterocycles. The molecule has 0 amide bonds. The van der Waals surface area contributed by atoms with Crippen LogP contribution >= 0.6 is 0 Å². The number of Topliss-reactive ketones (excluding diaryl/α,β-unsaturated/α-hetero) is 1. The lowest BCUT2D eigenvalue weighted by molar-refractivity contribution is -0.122. The topological polar surface area (TPSA) is 17.1 Å². The Labute approximate surface area is 115 Å². The van der Waals surface area contributed by atoms with Crippen molar-refractivity contribution in [1.29, 1.82) is 0 Å². The van der Waals surface area contributed by atoms with Crippen LogP contribution in [0.3, 0.4) is 0 Å². The molecule has 0 aromatic carbocycles. The highest BCUT2D eigenvalue weighted by Crippen LogP contribution is 2.14. The summed E-state index contributed by atoms with van der Waals surface area (Å²) in [4.78, 5) is 11.4. The largest absolute Gasteiger partial charge is 0.299 e. The maximum absolute atomic E-state index is 11.4. The average molecular weight is 254 g/mol. The Morgan fingerprint density at radius 3 is 1.67 bits per heavy atom. The van der Waals surface area contributed by atoms with Crippen molar-refractivity contribution in [3.63, 3.8) is 0 Å². The Balaban J connectivity index is 3.14. The predicted octanol–water partition coefficient (Wildman–Crippen LogP) is 5.91. The lowest BCUT2D eigenvalue weighted by Gasteiger charge is -2.08. The summed E-state index contributed by atoms with van der Waals surface area (Å²) < 4.78 is 0. The zero-order chi connectivity index (χ0) is 13.6. The van der Waals surface area contributed by atoms with E-state index in [2.05, 4.69) is 13.8 Å². The number of hydrogen-bond acceptors (Lipinski definition) is 1. The Bertz CT molecular complexity index is 186. The molecule has 0 aliphatic carbocycles. The smallest absolute Gasteiger partial charge is 0.135 e. The summed E-state index contributed by atoms with van der Waals surface area (Å²) in [5.41, 5.74) is 0. The first-order valence-corrected chi connectivity index (χ1v) is 8.25. The fourth-order valence-corrected chi connectivity index (χ4v) is 2.45. The summed E-state index contributed by atoms with van der Waals surface area (Å²) in [7, 11) is 0. The fraction of sp³-hybridized carbons (Fsp3) is 0.941. The van der Waals surface area contributed by atoms with Crippen LogP contribution in [0.4, 0.5) is 0 Å². The summed E-state index contributed by atoms with van der Waals surface area (Å²) in [5, 5.41) is 0. The van der Waals surface area contributed by atoms with E-state index in [9.17, 15) is 4.79 Å². The highest BCUT2D eigenvalue weighted by Gasteiger charge is 2.09. The molecule has 108 valence electrons. The minimum atomic E-state index is 0.295. The van der Waals surface area contributed by atoms with Crippen LogP contribution in [-0.4, -0.2) is 5.78 Å². The highest BCUT2D eigenvalue weighted by atomic mass is 16.1. The van der Waals surface area contributed by atoms with Gasteiger partial charge in [-0.1, -0.05) is 85.0 Å². The predicted molar refractivity (Wildman–Crippen MR) is 80.9 cm³/mol. The van der Waals surface area contributed by atoms with Gasteiger partial charge in [0.05, 0.1) is 0 Å². The lowest BCUT2D eigenvalue weighted by Crippen LogP contribution is -2.08. The van der Waals surface area contributed by atoms with E-state index in [1.165, 1.54) is 64.2 Å². The molecule has 0 aromatic rings. The Morgan fingerprint density at radius 2 is 1.22 bits per heavy atom. The first kappa shape index (κ1) is 17.7. The number of unbranched alkanes of at least 4 members (excludes halogenated alkanes) is 9. The van der Waals surface area contributed by atoms with Crippen molar-refractivity contribution in [2.24, 2.45) is 5.92 Å². The summed E-state index contributed by atoms with van der Waals surface area (Å²) in [6, 6.07) is 0. The molecule has 0 bridgehead atoms. The van der Waals surface area contributed by atoms with E-state index >= 15 is 0 Å². The van der Waals surface area contributed by atoms with Crippen molar-refractivity contribution in [2.45, 2.75) is 97.8 Å². The van der Waals surface area contributed by atoms with Crippen LogP contribution in [0.1, 0.15) is 97.8 Å². The van der Waals surface area contributed by atoms with Crippen molar-refractivity contribution in [1.82, 2.24) is 0 Å². The quantitative estimate of drug-likeness (QED) is 0.373. The number of carbonyl (C=O) groups excluding carboxylic acids is 1. The van der Waals surface area contributed by atoms with E-state index < -0.39 is 0 Å². The molecule has 1 heteroatoms. The van der Waals surface area contributed by atoms with Crippen molar-refractivity contribution in [3.8, 4) is 0 Å². The Morgan fingerprint density at radius 1 is 0.778 bits per heavy atom. The minimum absolute atomic E-state index is 0.295. The SMILES string of the molecule is CCCCCCCCCCCCC(C)C(=O)CC. The highest BCUT2D eigenvalue weighted by molar-refractivity contribution is 5.80. The van der Waals surface area contributed by atoms with Crippen molar-refractivity contribution in [3.05, 3.63) is 0 Å². The molecule has 1 unspecified atom stereocenters. The normalized spacial score (nSPS) is 12.6. The maximum Gasteiger partial charge on any atom is 0.135 e. The van der Waals surface area contributed by atoms with E-state index in [1.807, 2.05) is 6.92 Å². The fourth-order valence-electron chi connectivity index (χ4n) is 2.45. The molecular weight excluding hydrogens is 220 g/mol. The molecule has 1 atom stereocenters. The Kier molecular flexibility index (Phi) is 12.9. The van der Waals surface area contributed by atoms with Gasteiger partial charge in [-0.25, -0.2) is 0 Å². The molecule has 0 aliphatic rings. The molecule has 0 radical (unpaired) electrons. The van der Waals surface area contributed by atoms with Crippen LogP contribution in [0.15, 0.2) is 0 Å². The van der Waals surface area contributed by atoms with Crippen LogP contribution in [0.5, 0.6) is 0 Å². The molecule has 0 N–H and O–H groups in total. The molecule has 0 saturated carbocycles. The maximum atomic E-state index is 11.4. The lowest BCUT2D eigenvalue weighted by atomic mass is 9.96. The van der Waals surface area contributed by atoms with Gasteiger partial charge in [0.25, 0.3) is 0 Å². The summed E-state index contributed by atoms with van der Waals surface area (Å²) in [6.45, 7) is 6.32. The van der Waals surface area contributed by atoms with Crippen LogP contribution < -0.4 is 0 Å². The summed E-state index contributed by atoms with van der Waals surface area (Å²) >= 11 is 0. The molecule has 0 rings (SSSR count). The molecular formula is C17H34O. The molecule has 0 aliphatic heterocycles. The monoisotopic (exact) mass is 254 g/mol. The third-order valence-corrected chi connectivity index (χ3v) is 3.89. The van der Waals surface area contributed by atoms with Gasteiger partial charge in [-0.3, -0.25) is 4.79 Å².